The molecule has 0 saturated carbocycles. The van der Waals surface area contributed by atoms with Gasteiger partial charge in [-0.1, -0.05) is 66.7 Å². The van der Waals surface area contributed by atoms with Crippen LogP contribution in [0.2, 0.25) is 0 Å². The minimum absolute atomic E-state index is 0.0195. The fraction of sp³-hybridized carbons (Fsp3) is 0.414. The van der Waals surface area contributed by atoms with E-state index in [1.807, 2.05) is 11.0 Å². The molecule has 5 nitrogen and oxygen atoms in total. The lowest BCUT2D eigenvalue weighted by Crippen LogP contribution is -2.59. The first-order valence-electron chi connectivity index (χ1n) is 12.7. The topological polar surface area (TPSA) is 44.8 Å². The van der Waals surface area contributed by atoms with Gasteiger partial charge in [-0.2, -0.15) is 0 Å². The summed E-state index contributed by atoms with van der Waals surface area (Å²) in [4.78, 5) is 18.1. The largest absolute Gasteiger partial charge is 0.373 e. The second kappa shape index (κ2) is 10.6. The molecule has 1 N–H and O–H groups in total. The molecule has 0 aliphatic carbocycles. The maximum absolute atomic E-state index is 13.9. The third-order valence-electron chi connectivity index (χ3n) is 7.28. The number of nitrogens with zero attached hydrogens (tertiary/aromatic N) is 2. The highest BCUT2D eigenvalue weighted by molar-refractivity contribution is 5.93. The van der Waals surface area contributed by atoms with Crippen LogP contribution in [0.5, 0.6) is 0 Å². The number of rotatable bonds is 4. The number of fused-ring (bicyclic) bond motifs is 1. The van der Waals surface area contributed by atoms with Gasteiger partial charge in [-0.25, -0.2) is 0 Å². The van der Waals surface area contributed by atoms with Crippen LogP contribution in [0.25, 0.3) is 11.1 Å². The average Bonchev–Trinajstić information content (AvgIpc) is 2.88. The number of amides is 1. The SMILES string of the molecule is CC(c1ccccc1-c1ccccc1)N1/C=C\CCC/C=C\1C(=O)N1CCC2NCCOC2C1. The van der Waals surface area contributed by atoms with Crippen molar-refractivity contribution in [2.75, 3.05) is 26.2 Å². The number of ether oxygens (including phenoxy) is 1. The highest BCUT2D eigenvalue weighted by Crippen LogP contribution is 2.34. The maximum atomic E-state index is 13.9. The Bertz CT molecular complexity index is 1050. The Balaban J connectivity index is 1.44. The highest BCUT2D eigenvalue weighted by atomic mass is 16.5. The molecule has 178 valence electrons. The van der Waals surface area contributed by atoms with Gasteiger partial charge in [0.25, 0.3) is 5.91 Å². The number of hydrogen-bond acceptors (Lipinski definition) is 4. The molecule has 1 amide bonds. The van der Waals surface area contributed by atoms with Crippen molar-refractivity contribution in [1.29, 1.82) is 0 Å². The summed E-state index contributed by atoms with van der Waals surface area (Å²) in [6, 6.07) is 19.4. The predicted molar refractivity (Wildman–Crippen MR) is 136 cm³/mol. The molecule has 3 unspecified atom stereocenters. The third kappa shape index (κ3) is 4.82. The van der Waals surface area contributed by atoms with E-state index in [9.17, 15) is 4.79 Å². The Morgan fingerprint density at radius 2 is 1.91 bits per heavy atom. The lowest BCUT2D eigenvalue weighted by molar-refractivity contribution is -0.135. The molecule has 0 spiro atoms. The second-order valence-electron chi connectivity index (χ2n) is 9.45. The zero-order valence-corrected chi connectivity index (χ0v) is 20.0. The van der Waals surface area contributed by atoms with E-state index in [2.05, 4.69) is 84.0 Å². The van der Waals surface area contributed by atoms with Crippen molar-refractivity contribution in [1.82, 2.24) is 15.1 Å². The first-order valence-corrected chi connectivity index (χ1v) is 12.7. The Hall–Kier alpha value is -2.89. The molecule has 0 radical (unpaired) electrons. The van der Waals surface area contributed by atoms with Gasteiger partial charge in [0, 0.05) is 31.9 Å². The second-order valence-corrected chi connectivity index (χ2v) is 9.45. The smallest absolute Gasteiger partial charge is 0.270 e. The summed E-state index contributed by atoms with van der Waals surface area (Å²) < 4.78 is 6.00. The van der Waals surface area contributed by atoms with E-state index >= 15 is 0 Å². The minimum atomic E-state index is 0.0195. The summed E-state index contributed by atoms with van der Waals surface area (Å²) in [6.07, 6.45) is 10.5. The molecule has 0 bridgehead atoms. The van der Waals surface area contributed by atoms with E-state index in [-0.39, 0.29) is 18.1 Å². The fourth-order valence-corrected chi connectivity index (χ4v) is 5.40. The number of allylic oxidation sites excluding steroid dienone is 2. The van der Waals surface area contributed by atoms with Crippen LogP contribution in [-0.2, 0) is 9.53 Å². The van der Waals surface area contributed by atoms with Gasteiger partial charge in [-0.05, 0) is 49.3 Å². The van der Waals surface area contributed by atoms with Crippen LogP contribution in [0.4, 0.5) is 0 Å². The maximum Gasteiger partial charge on any atom is 0.270 e. The van der Waals surface area contributed by atoms with Crippen molar-refractivity contribution in [2.24, 2.45) is 0 Å². The summed E-state index contributed by atoms with van der Waals surface area (Å²) in [5, 5.41) is 3.55. The minimum Gasteiger partial charge on any atom is -0.373 e. The van der Waals surface area contributed by atoms with Gasteiger partial charge < -0.3 is 19.9 Å². The van der Waals surface area contributed by atoms with Crippen LogP contribution in [0.3, 0.4) is 0 Å². The first-order chi connectivity index (χ1) is 16.7. The van der Waals surface area contributed by atoms with Crippen molar-refractivity contribution in [3.05, 3.63) is 84.2 Å². The van der Waals surface area contributed by atoms with Crippen LogP contribution in [-0.4, -0.2) is 54.1 Å². The molecule has 5 rings (SSSR count). The average molecular weight is 458 g/mol. The number of carbonyl (C=O) groups excluding carboxylic acids is 1. The quantitative estimate of drug-likeness (QED) is 0.710. The van der Waals surface area contributed by atoms with Gasteiger partial charge in [-0.15, -0.1) is 0 Å². The molecule has 0 aromatic heterocycles. The number of piperidine rings is 1. The van der Waals surface area contributed by atoms with Crippen LogP contribution < -0.4 is 5.32 Å². The normalized spacial score (nSPS) is 26.4. The lowest BCUT2D eigenvalue weighted by Gasteiger charge is -2.42. The van der Waals surface area contributed by atoms with Crippen molar-refractivity contribution in [3.8, 4) is 11.1 Å². The Morgan fingerprint density at radius 3 is 2.79 bits per heavy atom. The number of morpholine rings is 1. The highest BCUT2D eigenvalue weighted by Gasteiger charge is 2.36. The Kier molecular flexibility index (Phi) is 7.12. The molecule has 2 aromatic carbocycles. The lowest BCUT2D eigenvalue weighted by atomic mass is 9.94. The molecule has 2 fully saturated rings. The molecule has 3 atom stereocenters. The van der Waals surface area contributed by atoms with Crippen molar-refractivity contribution >= 4 is 5.91 Å². The van der Waals surface area contributed by atoms with Crippen molar-refractivity contribution in [2.45, 2.75) is 50.8 Å². The molecular weight excluding hydrogens is 422 g/mol. The molecule has 3 heterocycles. The van der Waals surface area contributed by atoms with E-state index in [1.54, 1.807) is 0 Å². The number of hydrogen-bond donors (Lipinski definition) is 1. The summed E-state index contributed by atoms with van der Waals surface area (Å²) in [6.45, 7) is 5.24. The number of carbonyl (C=O) groups is 1. The zero-order valence-electron chi connectivity index (χ0n) is 20.0. The molecule has 3 aliphatic rings. The van der Waals surface area contributed by atoms with E-state index in [1.165, 1.54) is 16.7 Å². The van der Waals surface area contributed by atoms with Crippen LogP contribution >= 0.6 is 0 Å². The van der Waals surface area contributed by atoms with Gasteiger partial charge in [0.1, 0.15) is 5.70 Å². The molecule has 2 aromatic rings. The molecule has 3 aliphatic heterocycles. The Morgan fingerprint density at radius 1 is 1.09 bits per heavy atom. The summed E-state index contributed by atoms with van der Waals surface area (Å²) >= 11 is 0. The molecule has 2 saturated heterocycles. The van der Waals surface area contributed by atoms with Gasteiger partial charge in [0.15, 0.2) is 0 Å². The van der Waals surface area contributed by atoms with Gasteiger partial charge >= 0.3 is 0 Å². The zero-order chi connectivity index (χ0) is 23.3. The third-order valence-corrected chi connectivity index (χ3v) is 7.28. The summed E-state index contributed by atoms with van der Waals surface area (Å²) in [5.74, 6) is 0.114. The predicted octanol–water partition coefficient (Wildman–Crippen LogP) is 4.89. The number of benzene rings is 2. The number of likely N-dealkylation sites (tertiary alicyclic amines) is 1. The van der Waals surface area contributed by atoms with Crippen LogP contribution in [0.15, 0.2) is 78.6 Å². The fourth-order valence-electron chi connectivity index (χ4n) is 5.40. The molecule has 5 heteroatoms. The Labute approximate surface area is 203 Å². The monoisotopic (exact) mass is 457 g/mol. The molecule has 34 heavy (non-hydrogen) atoms. The van der Waals surface area contributed by atoms with E-state index in [0.717, 1.165) is 44.5 Å². The first kappa shape index (κ1) is 22.9. The van der Waals surface area contributed by atoms with Gasteiger partial charge in [0.05, 0.1) is 18.8 Å². The van der Waals surface area contributed by atoms with E-state index in [4.69, 9.17) is 4.74 Å². The summed E-state index contributed by atoms with van der Waals surface area (Å²) in [7, 11) is 0. The van der Waals surface area contributed by atoms with Gasteiger partial charge in [0.2, 0.25) is 0 Å². The van der Waals surface area contributed by atoms with Crippen molar-refractivity contribution < 1.29 is 9.53 Å². The van der Waals surface area contributed by atoms with E-state index < -0.39 is 0 Å². The standard InChI is InChI=1S/C29H35N3O2/c1-22(24-13-8-9-14-25(24)23-11-5-4-6-12-23)32-18-10-3-2-7-15-27(32)29(33)31-19-16-26-28(21-31)34-20-17-30-26/h4-6,8-15,18,22,26,28,30H,2-3,7,16-17,19-21H2,1H3/b18-10-,27-15-. The van der Waals surface area contributed by atoms with Crippen LogP contribution in [0.1, 0.15) is 44.2 Å². The van der Waals surface area contributed by atoms with Crippen LogP contribution in [0, 0.1) is 0 Å². The van der Waals surface area contributed by atoms with Gasteiger partial charge in [-0.3, -0.25) is 4.79 Å². The summed E-state index contributed by atoms with van der Waals surface area (Å²) in [5.41, 5.74) is 4.41. The number of nitrogens with one attached hydrogen (secondary N) is 1. The molecular formula is C29H35N3O2. The van der Waals surface area contributed by atoms with E-state index in [0.29, 0.717) is 19.2 Å². The van der Waals surface area contributed by atoms with Crippen molar-refractivity contribution in [3.63, 3.8) is 0 Å².